The van der Waals surface area contributed by atoms with Crippen LogP contribution in [0.4, 0.5) is 0 Å². The molecule has 1 fully saturated rings. The molecular formula is C15H19NO5S. The van der Waals surface area contributed by atoms with E-state index in [2.05, 4.69) is 0 Å². The molecule has 120 valence electrons. The van der Waals surface area contributed by atoms with Crippen LogP contribution in [0.2, 0.25) is 0 Å². The number of carbonyl (C=O) groups excluding carboxylic acids is 2. The van der Waals surface area contributed by atoms with Crippen molar-refractivity contribution in [2.24, 2.45) is 0 Å². The smallest absolute Gasteiger partial charge is 0.338 e. The number of carbonyl (C=O) groups is 2. The van der Waals surface area contributed by atoms with Gasteiger partial charge in [-0.3, -0.25) is 4.79 Å². The summed E-state index contributed by atoms with van der Waals surface area (Å²) in [6.07, 6.45) is 2.02. The Balaban J connectivity index is 2.10. The van der Waals surface area contributed by atoms with Crippen molar-refractivity contribution in [1.82, 2.24) is 4.31 Å². The predicted molar refractivity (Wildman–Crippen MR) is 80.0 cm³/mol. The summed E-state index contributed by atoms with van der Waals surface area (Å²) in [5, 5.41) is 0. The molecule has 1 aromatic rings. The predicted octanol–water partition coefficient (Wildman–Crippen LogP) is 1.61. The van der Waals surface area contributed by atoms with Gasteiger partial charge >= 0.3 is 5.97 Å². The van der Waals surface area contributed by atoms with Gasteiger partial charge in [0.1, 0.15) is 0 Å². The summed E-state index contributed by atoms with van der Waals surface area (Å²) in [7, 11) is -0.655. The Morgan fingerprint density at radius 2 is 1.82 bits per heavy atom. The monoisotopic (exact) mass is 325 g/mol. The molecule has 0 saturated heterocycles. The van der Waals surface area contributed by atoms with Gasteiger partial charge in [0, 0.05) is 20.5 Å². The van der Waals surface area contributed by atoms with Gasteiger partial charge in [-0.15, -0.1) is 0 Å². The van der Waals surface area contributed by atoms with Gasteiger partial charge in [-0.05, 0) is 43.5 Å². The molecule has 2 rings (SSSR count). The summed E-state index contributed by atoms with van der Waals surface area (Å²) < 4.78 is 30.2. The zero-order chi connectivity index (χ0) is 16.3. The SMILES string of the molecule is CN(C)S(=O)(=O)c1ccc(C(=O)O[C@H]2CCCCC2=O)cc1. The minimum atomic E-state index is -3.53. The second-order valence-electron chi connectivity index (χ2n) is 5.42. The van der Waals surface area contributed by atoms with Crippen LogP contribution < -0.4 is 0 Å². The highest BCUT2D eigenvalue weighted by Crippen LogP contribution is 2.20. The molecule has 0 spiro atoms. The van der Waals surface area contributed by atoms with Crippen molar-refractivity contribution in [1.29, 1.82) is 0 Å². The maximum Gasteiger partial charge on any atom is 0.338 e. The fourth-order valence-electron chi connectivity index (χ4n) is 2.25. The first kappa shape index (κ1) is 16.6. The standard InChI is InChI=1S/C15H19NO5S/c1-16(2)22(19,20)12-9-7-11(8-10-12)15(18)21-14-6-4-3-5-13(14)17/h7-10,14H,3-6H2,1-2H3/t14-/m0/s1. The van der Waals surface area contributed by atoms with E-state index < -0.39 is 22.1 Å². The molecular weight excluding hydrogens is 306 g/mol. The molecule has 1 saturated carbocycles. The normalized spacial score (nSPS) is 19.2. The second kappa shape index (κ2) is 6.58. The third-order valence-electron chi connectivity index (χ3n) is 3.62. The van der Waals surface area contributed by atoms with Crippen LogP contribution in [-0.2, 0) is 19.6 Å². The van der Waals surface area contributed by atoms with Gasteiger partial charge in [0.25, 0.3) is 0 Å². The van der Waals surface area contributed by atoms with E-state index in [1.807, 2.05) is 0 Å². The summed E-state index contributed by atoms with van der Waals surface area (Å²) >= 11 is 0. The van der Waals surface area contributed by atoms with E-state index in [1.165, 1.54) is 38.4 Å². The Hall–Kier alpha value is -1.73. The molecule has 1 aliphatic carbocycles. The molecule has 0 aromatic heterocycles. The lowest BCUT2D eigenvalue weighted by molar-refractivity contribution is -0.129. The van der Waals surface area contributed by atoms with Crippen LogP contribution >= 0.6 is 0 Å². The fourth-order valence-corrected chi connectivity index (χ4v) is 3.15. The highest BCUT2D eigenvalue weighted by atomic mass is 32.2. The number of Topliss-reactive ketones (excluding diaryl/α,β-unsaturated/α-hetero) is 1. The number of benzene rings is 1. The first-order valence-electron chi connectivity index (χ1n) is 7.08. The highest BCUT2D eigenvalue weighted by Gasteiger charge is 2.26. The van der Waals surface area contributed by atoms with Gasteiger partial charge < -0.3 is 4.74 Å². The lowest BCUT2D eigenvalue weighted by Gasteiger charge is -2.20. The first-order chi connectivity index (χ1) is 10.3. The molecule has 1 aliphatic rings. The van der Waals surface area contributed by atoms with Crippen molar-refractivity contribution in [3.05, 3.63) is 29.8 Å². The van der Waals surface area contributed by atoms with E-state index in [0.717, 1.165) is 17.1 Å². The van der Waals surface area contributed by atoms with Crippen LogP contribution in [0.5, 0.6) is 0 Å². The lowest BCUT2D eigenvalue weighted by Crippen LogP contribution is -2.30. The minimum absolute atomic E-state index is 0.0496. The van der Waals surface area contributed by atoms with Crippen molar-refractivity contribution < 1.29 is 22.7 Å². The van der Waals surface area contributed by atoms with Gasteiger partial charge in [-0.1, -0.05) is 0 Å². The number of ether oxygens (including phenoxy) is 1. The summed E-state index contributed by atoms with van der Waals surface area (Å²) in [5.41, 5.74) is 0.232. The summed E-state index contributed by atoms with van der Waals surface area (Å²) in [4.78, 5) is 23.8. The number of hydrogen-bond donors (Lipinski definition) is 0. The summed E-state index contributed by atoms with van der Waals surface area (Å²) in [6, 6.07) is 5.50. The Morgan fingerprint density at radius 1 is 1.18 bits per heavy atom. The van der Waals surface area contributed by atoms with Crippen LogP contribution in [0.25, 0.3) is 0 Å². The van der Waals surface area contributed by atoms with Crippen molar-refractivity contribution in [3.8, 4) is 0 Å². The van der Waals surface area contributed by atoms with Gasteiger partial charge in [0.15, 0.2) is 11.9 Å². The average Bonchev–Trinajstić information content (AvgIpc) is 2.49. The Kier molecular flexibility index (Phi) is 4.97. The van der Waals surface area contributed by atoms with Crippen LogP contribution in [0.3, 0.4) is 0 Å². The third-order valence-corrected chi connectivity index (χ3v) is 5.45. The first-order valence-corrected chi connectivity index (χ1v) is 8.52. The zero-order valence-corrected chi connectivity index (χ0v) is 13.4. The molecule has 0 heterocycles. The number of esters is 1. The van der Waals surface area contributed by atoms with Gasteiger partial charge in [-0.2, -0.15) is 0 Å². The van der Waals surface area contributed by atoms with Crippen LogP contribution in [0, 0.1) is 0 Å². The molecule has 0 N–H and O–H groups in total. The minimum Gasteiger partial charge on any atom is -0.451 e. The Morgan fingerprint density at radius 3 is 2.36 bits per heavy atom. The largest absolute Gasteiger partial charge is 0.451 e. The molecule has 0 bridgehead atoms. The number of rotatable bonds is 4. The maximum atomic E-state index is 12.0. The van der Waals surface area contributed by atoms with Gasteiger partial charge in [-0.25, -0.2) is 17.5 Å². The highest BCUT2D eigenvalue weighted by molar-refractivity contribution is 7.89. The molecule has 6 nitrogen and oxygen atoms in total. The van der Waals surface area contributed by atoms with E-state index in [4.69, 9.17) is 4.74 Å². The third kappa shape index (κ3) is 3.53. The zero-order valence-electron chi connectivity index (χ0n) is 12.6. The van der Waals surface area contributed by atoms with Gasteiger partial charge in [0.05, 0.1) is 10.5 Å². The molecule has 0 amide bonds. The maximum absolute atomic E-state index is 12.0. The van der Waals surface area contributed by atoms with Crippen molar-refractivity contribution in [2.45, 2.75) is 36.7 Å². The lowest BCUT2D eigenvalue weighted by atomic mass is 9.96. The van der Waals surface area contributed by atoms with E-state index in [1.54, 1.807) is 0 Å². The van der Waals surface area contributed by atoms with Crippen LogP contribution in [0.1, 0.15) is 36.0 Å². The van der Waals surface area contributed by atoms with E-state index in [9.17, 15) is 18.0 Å². The number of sulfonamides is 1. The van der Waals surface area contributed by atoms with Crippen LogP contribution in [0.15, 0.2) is 29.2 Å². The Labute approximate surface area is 130 Å². The van der Waals surface area contributed by atoms with Crippen molar-refractivity contribution >= 4 is 21.8 Å². The van der Waals surface area contributed by atoms with E-state index in [0.29, 0.717) is 12.8 Å². The summed E-state index contributed by atoms with van der Waals surface area (Å²) in [5.74, 6) is -0.652. The molecule has 1 atom stereocenters. The summed E-state index contributed by atoms with van der Waals surface area (Å²) in [6.45, 7) is 0. The van der Waals surface area contributed by atoms with E-state index >= 15 is 0 Å². The van der Waals surface area contributed by atoms with Crippen molar-refractivity contribution in [3.63, 3.8) is 0 Å². The number of hydrogen-bond acceptors (Lipinski definition) is 5. The molecule has 0 aliphatic heterocycles. The quantitative estimate of drug-likeness (QED) is 0.786. The molecule has 1 aromatic carbocycles. The molecule has 7 heteroatoms. The van der Waals surface area contributed by atoms with Crippen molar-refractivity contribution in [2.75, 3.05) is 14.1 Å². The molecule has 0 unspecified atom stereocenters. The molecule has 0 radical (unpaired) electrons. The van der Waals surface area contributed by atoms with Gasteiger partial charge in [0.2, 0.25) is 10.0 Å². The Bertz CT molecular complexity index is 664. The number of ketones is 1. The fraction of sp³-hybridized carbons (Fsp3) is 0.467. The topological polar surface area (TPSA) is 80.8 Å². The average molecular weight is 325 g/mol. The molecule has 22 heavy (non-hydrogen) atoms. The number of nitrogens with zero attached hydrogens (tertiary/aromatic N) is 1. The second-order valence-corrected chi connectivity index (χ2v) is 7.57. The van der Waals surface area contributed by atoms with E-state index in [-0.39, 0.29) is 16.2 Å². The van der Waals surface area contributed by atoms with Crippen LogP contribution in [-0.4, -0.2) is 44.7 Å².